The van der Waals surface area contributed by atoms with Gasteiger partial charge < -0.3 is 11.1 Å². The van der Waals surface area contributed by atoms with Crippen LogP contribution in [0.3, 0.4) is 0 Å². The molecule has 0 bridgehead atoms. The fraction of sp³-hybridized carbons (Fsp3) is 0.923. The number of amides is 1. The highest BCUT2D eigenvalue weighted by Gasteiger charge is 2.09. The van der Waals surface area contributed by atoms with Crippen LogP contribution in [0.1, 0.15) is 46.5 Å². The summed E-state index contributed by atoms with van der Waals surface area (Å²) in [5.74, 6) is 3.01. The van der Waals surface area contributed by atoms with Gasteiger partial charge in [-0.15, -0.1) is 0 Å². The Morgan fingerprint density at radius 1 is 1.29 bits per heavy atom. The fourth-order valence-electron chi connectivity index (χ4n) is 1.63. The molecule has 2 unspecified atom stereocenters. The molecule has 0 aliphatic rings. The molecule has 3 nitrogen and oxygen atoms in total. The minimum absolute atomic E-state index is 0.183. The summed E-state index contributed by atoms with van der Waals surface area (Å²) in [7, 11) is 0. The average Bonchev–Trinajstić information content (AvgIpc) is 2.27. The van der Waals surface area contributed by atoms with Crippen molar-refractivity contribution in [1.82, 2.24) is 5.32 Å². The van der Waals surface area contributed by atoms with Crippen LogP contribution in [0, 0.1) is 5.92 Å². The first-order valence-electron chi connectivity index (χ1n) is 6.67. The number of hydrogen-bond donors (Lipinski definition) is 2. The fourth-order valence-corrected chi connectivity index (χ4v) is 2.44. The number of carbonyl (C=O) groups excluding carboxylic acids is 1. The molecule has 0 aromatic heterocycles. The predicted octanol–water partition coefficient (Wildman–Crippen LogP) is 2.40. The van der Waals surface area contributed by atoms with E-state index in [0.29, 0.717) is 24.9 Å². The largest absolute Gasteiger partial charge is 0.354 e. The van der Waals surface area contributed by atoms with Crippen molar-refractivity contribution in [2.75, 3.05) is 18.1 Å². The van der Waals surface area contributed by atoms with Gasteiger partial charge in [0.1, 0.15) is 0 Å². The maximum absolute atomic E-state index is 11.6. The molecular formula is C13H28N2OS. The maximum Gasteiger partial charge on any atom is 0.220 e. The Bertz CT molecular complexity index is 200. The van der Waals surface area contributed by atoms with Gasteiger partial charge in [0.05, 0.1) is 0 Å². The zero-order chi connectivity index (χ0) is 13.1. The van der Waals surface area contributed by atoms with Gasteiger partial charge in [0.25, 0.3) is 0 Å². The van der Waals surface area contributed by atoms with Crippen LogP contribution in [0.5, 0.6) is 0 Å². The number of hydrogen-bond acceptors (Lipinski definition) is 3. The highest BCUT2D eigenvalue weighted by molar-refractivity contribution is 7.99. The van der Waals surface area contributed by atoms with Crippen molar-refractivity contribution in [3.05, 3.63) is 0 Å². The predicted molar refractivity (Wildman–Crippen MR) is 77.3 cm³/mol. The van der Waals surface area contributed by atoms with Gasteiger partial charge in [-0.25, -0.2) is 0 Å². The Hall–Kier alpha value is -0.220. The van der Waals surface area contributed by atoms with Gasteiger partial charge in [0.2, 0.25) is 5.91 Å². The molecule has 0 rings (SSSR count). The van der Waals surface area contributed by atoms with E-state index >= 15 is 0 Å². The third-order valence-corrected chi connectivity index (χ3v) is 3.76. The molecular weight excluding hydrogens is 232 g/mol. The SMILES string of the molecule is CCSCCC(C)NC(=O)CCC(C)CCN. The first-order valence-corrected chi connectivity index (χ1v) is 7.82. The van der Waals surface area contributed by atoms with Crippen molar-refractivity contribution in [2.24, 2.45) is 11.7 Å². The molecule has 0 heterocycles. The molecule has 0 aliphatic heterocycles. The van der Waals surface area contributed by atoms with Gasteiger partial charge >= 0.3 is 0 Å². The van der Waals surface area contributed by atoms with Gasteiger partial charge in [-0.1, -0.05) is 13.8 Å². The highest BCUT2D eigenvalue weighted by Crippen LogP contribution is 2.09. The first kappa shape index (κ1) is 16.8. The van der Waals surface area contributed by atoms with Crippen molar-refractivity contribution >= 4 is 17.7 Å². The minimum Gasteiger partial charge on any atom is -0.354 e. The maximum atomic E-state index is 11.6. The van der Waals surface area contributed by atoms with E-state index in [0.717, 1.165) is 30.8 Å². The van der Waals surface area contributed by atoms with E-state index in [-0.39, 0.29) is 5.91 Å². The summed E-state index contributed by atoms with van der Waals surface area (Å²) >= 11 is 1.92. The molecule has 0 aromatic carbocycles. The zero-order valence-electron chi connectivity index (χ0n) is 11.5. The second kappa shape index (κ2) is 10.9. The first-order chi connectivity index (χ1) is 8.10. The lowest BCUT2D eigenvalue weighted by atomic mass is 10.0. The molecule has 0 saturated carbocycles. The number of carbonyl (C=O) groups is 1. The van der Waals surface area contributed by atoms with Crippen molar-refractivity contribution < 1.29 is 4.79 Å². The van der Waals surface area contributed by atoms with Crippen LogP contribution in [-0.2, 0) is 4.79 Å². The molecule has 1 amide bonds. The Morgan fingerprint density at radius 2 is 2.00 bits per heavy atom. The van der Waals surface area contributed by atoms with Crippen molar-refractivity contribution in [3.63, 3.8) is 0 Å². The van der Waals surface area contributed by atoms with E-state index in [9.17, 15) is 4.79 Å². The Balaban J connectivity index is 3.56. The van der Waals surface area contributed by atoms with Crippen LogP contribution in [0.25, 0.3) is 0 Å². The molecule has 3 N–H and O–H groups in total. The van der Waals surface area contributed by atoms with E-state index in [1.54, 1.807) is 0 Å². The minimum atomic E-state index is 0.183. The molecule has 4 heteroatoms. The van der Waals surface area contributed by atoms with E-state index in [2.05, 4.69) is 26.1 Å². The summed E-state index contributed by atoms with van der Waals surface area (Å²) in [5, 5.41) is 3.05. The summed E-state index contributed by atoms with van der Waals surface area (Å²) < 4.78 is 0. The monoisotopic (exact) mass is 260 g/mol. The lowest BCUT2D eigenvalue weighted by Crippen LogP contribution is -2.33. The molecule has 2 atom stereocenters. The highest BCUT2D eigenvalue weighted by atomic mass is 32.2. The molecule has 0 saturated heterocycles. The summed E-state index contributed by atoms with van der Waals surface area (Å²) in [4.78, 5) is 11.6. The average molecular weight is 260 g/mol. The summed E-state index contributed by atoms with van der Waals surface area (Å²) in [5.41, 5.74) is 5.48. The van der Waals surface area contributed by atoms with Crippen molar-refractivity contribution in [3.8, 4) is 0 Å². The summed E-state index contributed by atoms with van der Waals surface area (Å²) in [6.07, 6.45) is 3.64. The molecule has 17 heavy (non-hydrogen) atoms. The third-order valence-electron chi connectivity index (χ3n) is 2.83. The second-order valence-corrected chi connectivity index (χ2v) is 6.07. The number of rotatable bonds is 10. The number of thioether (sulfide) groups is 1. The van der Waals surface area contributed by atoms with Crippen LogP contribution in [0.15, 0.2) is 0 Å². The van der Waals surface area contributed by atoms with Crippen LogP contribution < -0.4 is 11.1 Å². The van der Waals surface area contributed by atoms with Gasteiger partial charge in [0, 0.05) is 12.5 Å². The quantitative estimate of drug-likeness (QED) is 0.593. The second-order valence-electron chi connectivity index (χ2n) is 4.68. The molecule has 0 fully saturated rings. The normalized spacial score (nSPS) is 14.4. The summed E-state index contributed by atoms with van der Waals surface area (Å²) in [6, 6.07) is 0.298. The molecule has 0 aliphatic carbocycles. The topological polar surface area (TPSA) is 55.1 Å². The number of nitrogens with two attached hydrogens (primary N) is 1. The van der Waals surface area contributed by atoms with E-state index < -0.39 is 0 Å². The molecule has 0 aromatic rings. The Morgan fingerprint density at radius 3 is 2.59 bits per heavy atom. The lowest BCUT2D eigenvalue weighted by Gasteiger charge is -2.14. The van der Waals surface area contributed by atoms with Gasteiger partial charge in [0.15, 0.2) is 0 Å². The Labute approximate surface area is 110 Å². The van der Waals surface area contributed by atoms with E-state index in [1.165, 1.54) is 0 Å². The van der Waals surface area contributed by atoms with Crippen LogP contribution in [0.4, 0.5) is 0 Å². The lowest BCUT2D eigenvalue weighted by molar-refractivity contribution is -0.122. The van der Waals surface area contributed by atoms with Crippen LogP contribution >= 0.6 is 11.8 Å². The van der Waals surface area contributed by atoms with Crippen molar-refractivity contribution in [2.45, 2.75) is 52.5 Å². The zero-order valence-corrected chi connectivity index (χ0v) is 12.3. The number of nitrogens with one attached hydrogen (secondary N) is 1. The van der Waals surface area contributed by atoms with E-state index in [1.807, 2.05) is 11.8 Å². The Kier molecular flexibility index (Phi) is 10.8. The van der Waals surface area contributed by atoms with E-state index in [4.69, 9.17) is 5.73 Å². The summed E-state index contributed by atoms with van der Waals surface area (Å²) in [6.45, 7) is 7.11. The standard InChI is InChI=1S/C13H28N2OS/c1-4-17-10-8-12(3)15-13(16)6-5-11(2)7-9-14/h11-12H,4-10,14H2,1-3H3,(H,15,16). The molecule has 102 valence electrons. The van der Waals surface area contributed by atoms with Gasteiger partial charge in [-0.2, -0.15) is 11.8 Å². The van der Waals surface area contributed by atoms with Gasteiger partial charge in [-0.3, -0.25) is 4.79 Å². The van der Waals surface area contributed by atoms with Crippen molar-refractivity contribution in [1.29, 1.82) is 0 Å². The molecule has 0 radical (unpaired) electrons. The smallest absolute Gasteiger partial charge is 0.220 e. The molecule has 0 spiro atoms. The van der Waals surface area contributed by atoms with Gasteiger partial charge in [-0.05, 0) is 50.2 Å². The third kappa shape index (κ3) is 10.6. The van der Waals surface area contributed by atoms with Crippen LogP contribution in [-0.4, -0.2) is 30.0 Å². The van der Waals surface area contributed by atoms with Crippen LogP contribution in [0.2, 0.25) is 0 Å².